The zero-order valence-corrected chi connectivity index (χ0v) is 18.9. The molecule has 0 fully saturated rings. The molecule has 0 aliphatic carbocycles. The molecule has 6 heteroatoms. The third kappa shape index (κ3) is 4.15. The Morgan fingerprint density at radius 2 is 1.59 bits per heavy atom. The first-order valence-corrected chi connectivity index (χ1v) is 11.1. The normalized spacial score (nSPS) is 11.3. The zero-order valence-electron chi connectivity index (χ0n) is 18.9. The summed E-state index contributed by atoms with van der Waals surface area (Å²) in [5, 5.41) is 4.88. The van der Waals surface area contributed by atoms with E-state index in [1.54, 1.807) is 6.07 Å². The fraction of sp³-hybridized carbons (Fsp3) is 0.143. The highest BCUT2D eigenvalue weighted by Crippen LogP contribution is 2.29. The topological polar surface area (TPSA) is 57.8 Å². The molecule has 0 saturated carbocycles. The van der Waals surface area contributed by atoms with Crippen molar-refractivity contribution >= 4 is 33.4 Å². The number of para-hydroxylation sites is 2. The van der Waals surface area contributed by atoms with E-state index in [1.807, 2.05) is 56.3 Å². The second-order valence-corrected chi connectivity index (χ2v) is 8.55. The number of rotatable bonds is 5. The van der Waals surface area contributed by atoms with Gasteiger partial charge in [0.25, 0.3) is 5.91 Å². The van der Waals surface area contributed by atoms with Crippen LogP contribution in [0, 0.1) is 25.5 Å². The standard InChI is InChI=1S/C28H23F2N3O/c1-16-6-5-7-17(2)26(16)33-28(34)25-15-22-21-8-3-4-9-23(21)32-27(22)24(31-25)11-10-18-12-19(29)14-20(30)13-18/h3-9,12-15,32H,10-11H2,1-2H3,(H,33,34). The number of fused-ring (bicyclic) bond motifs is 3. The minimum absolute atomic E-state index is 0.292. The molecular formula is C28H23F2N3O. The monoisotopic (exact) mass is 455 g/mol. The molecule has 0 spiro atoms. The highest BCUT2D eigenvalue weighted by atomic mass is 19.1. The zero-order chi connectivity index (χ0) is 23.8. The minimum atomic E-state index is -0.611. The van der Waals surface area contributed by atoms with E-state index in [9.17, 15) is 13.6 Å². The summed E-state index contributed by atoms with van der Waals surface area (Å²) in [7, 11) is 0. The average Bonchev–Trinajstić information content (AvgIpc) is 3.18. The third-order valence-corrected chi connectivity index (χ3v) is 6.10. The van der Waals surface area contributed by atoms with Gasteiger partial charge in [0.1, 0.15) is 17.3 Å². The fourth-order valence-corrected chi connectivity index (χ4v) is 4.42. The minimum Gasteiger partial charge on any atom is -0.353 e. The number of aromatic amines is 1. The van der Waals surface area contributed by atoms with Gasteiger partial charge < -0.3 is 10.3 Å². The Kier molecular flexibility index (Phi) is 5.57. The SMILES string of the molecule is Cc1cccc(C)c1NC(=O)c1cc2c([nH]c3ccccc32)c(CCc2cc(F)cc(F)c2)n1. The number of pyridine rings is 1. The number of aromatic nitrogens is 2. The molecule has 0 radical (unpaired) electrons. The summed E-state index contributed by atoms with van der Waals surface area (Å²) >= 11 is 0. The number of nitrogens with one attached hydrogen (secondary N) is 2. The molecule has 0 aliphatic heterocycles. The maximum atomic E-state index is 13.7. The number of anilines is 1. The van der Waals surface area contributed by atoms with Crippen molar-refractivity contribution in [2.45, 2.75) is 26.7 Å². The van der Waals surface area contributed by atoms with E-state index in [0.29, 0.717) is 29.8 Å². The molecule has 2 heterocycles. The van der Waals surface area contributed by atoms with Crippen molar-refractivity contribution in [2.24, 2.45) is 0 Å². The van der Waals surface area contributed by atoms with E-state index >= 15 is 0 Å². The van der Waals surface area contributed by atoms with Crippen LogP contribution in [0.3, 0.4) is 0 Å². The van der Waals surface area contributed by atoms with Gasteiger partial charge in [-0.15, -0.1) is 0 Å². The largest absolute Gasteiger partial charge is 0.353 e. The predicted molar refractivity (Wildman–Crippen MR) is 131 cm³/mol. The summed E-state index contributed by atoms with van der Waals surface area (Å²) in [6.45, 7) is 3.89. The number of carbonyl (C=O) groups excluding carboxylic acids is 1. The Morgan fingerprint density at radius 1 is 0.882 bits per heavy atom. The molecule has 2 N–H and O–H groups in total. The summed E-state index contributed by atoms with van der Waals surface area (Å²) in [5.41, 5.74) is 5.96. The molecule has 1 amide bonds. The lowest BCUT2D eigenvalue weighted by molar-refractivity contribution is 0.102. The van der Waals surface area contributed by atoms with Crippen molar-refractivity contribution in [1.82, 2.24) is 9.97 Å². The number of H-pyrrole nitrogens is 1. The van der Waals surface area contributed by atoms with E-state index in [1.165, 1.54) is 12.1 Å². The summed E-state index contributed by atoms with van der Waals surface area (Å²) in [6.07, 6.45) is 0.796. The Morgan fingerprint density at radius 3 is 2.32 bits per heavy atom. The molecule has 0 atom stereocenters. The average molecular weight is 456 g/mol. The van der Waals surface area contributed by atoms with Gasteiger partial charge in [-0.2, -0.15) is 0 Å². The molecule has 170 valence electrons. The molecular weight excluding hydrogens is 432 g/mol. The predicted octanol–water partition coefficient (Wildman–Crippen LogP) is 6.65. The van der Waals surface area contributed by atoms with Crippen LogP contribution in [0.15, 0.2) is 66.7 Å². The first kappa shape index (κ1) is 21.8. The quantitative estimate of drug-likeness (QED) is 0.312. The van der Waals surface area contributed by atoms with Gasteiger partial charge in [0.2, 0.25) is 0 Å². The third-order valence-electron chi connectivity index (χ3n) is 6.10. The lowest BCUT2D eigenvalue weighted by Gasteiger charge is -2.12. The van der Waals surface area contributed by atoms with Crippen LogP contribution in [0.4, 0.5) is 14.5 Å². The lowest BCUT2D eigenvalue weighted by atomic mass is 10.0. The second kappa shape index (κ2) is 8.71. The first-order chi connectivity index (χ1) is 16.4. The molecule has 5 rings (SSSR count). The highest BCUT2D eigenvalue weighted by Gasteiger charge is 2.17. The first-order valence-electron chi connectivity index (χ1n) is 11.1. The summed E-state index contributed by atoms with van der Waals surface area (Å²) < 4.78 is 27.3. The molecule has 34 heavy (non-hydrogen) atoms. The summed E-state index contributed by atoms with van der Waals surface area (Å²) in [5.74, 6) is -1.52. The van der Waals surface area contributed by atoms with Gasteiger partial charge in [0, 0.05) is 28.0 Å². The van der Waals surface area contributed by atoms with E-state index in [-0.39, 0.29) is 5.91 Å². The van der Waals surface area contributed by atoms with Gasteiger partial charge in [-0.1, -0.05) is 36.4 Å². The van der Waals surface area contributed by atoms with E-state index in [2.05, 4.69) is 15.3 Å². The molecule has 0 aliphatic rings. The lowest BCUT2D eigenvalue weighted by Crippen LogP contribution is -2.16. The summed E-state index contributed by atoms with van der Waals surface area (Å²) in [4.78, 5) is 21.3. The number of amides is 1. The van der Waals surface area contributed by atoms with Crippen molar-refractivity contribution in [3.63, 3.8) is 0 Å². The van der Waals surface area contributed by atoms with Crippen LogP contribution in [0.25, 0.3) is 21.8 Å². The van der Waals surface area contributed by atoms with Crippen molar-refractivity contribution < 1.29 is 13.6 Å². The maximum absolute atomic E-state index is 13.7. The Hall–Kier alpha value is -4.06. The van der Waals surface area contributed by atoms with Crippen LogP contribution in [0.5, 0.6) is 0 Å². The Bertz CT molecular complexity index is 1510. The number of halogens is 2. The van der Waals surface area contributed by atoms with Gasteiger partial charge >= 0.3 is 0 Å². The molecule has 3 aromatic carbocycles. The van der Waals surface area contributed by atoms with Crippen LogP contribution >= 0.6 is 0 Å². The number of carbonyl (C=O) groups is 1. The Labute approximate surface area is 195 Å². The Balaban J connectivity index is 1.57. The van der Waals surface area contributed by atoms with Crippen LogP contribution < -0.4 is 5.32 Å². The number of benzene rings is 3. The fourth-order valence-electron chi connectivity index (χ4n) is 4.42. The maximum Gasteiger partial charge on any atom is 0.274 e. The van der Waals surface area contributed by atoms with Crippen molar-refractivity contribution in [2.75, 3.05) is 5.32 Å². The van der Waals surface area contributed by atoms with E-state index in [4.69, 9.17) is 0 Å². The number of nitrogens with zero attached hydrogens (tertiary/aromatic N) is 1. The van der Waals surface area contributed by atoms with Crippen molar-refractivity contribution in [3.8, 4) is 0 Å². The molecule has 2 aromatic heterocycles. The van der Waals surface area contributed by atoms with E-state index < -0.39 is 11.6 Å². The van der Waals surface area contributed by atoms with Crippen LogP contribution in [-0.2, 0) is 12.8 Å². The van der Waals surface area contributed by atoms with Crippen molar-refractivity contribution in [3.05, 3.63) is 106 Å². The molecule has 4 nitrogen and oxygen atoms in total. The second-order valence-electron chi connectivity index (χ2n) is 8.55. The highest BCUT2D eigenvalue weighted by molar-refractivity contribution is 6.12. The summed E-state index contributed by atoms with van der Waals surface area (Å²) in [6, 6.07) is 19.0. The number of aryl methyl sites for hydroxylation is 4. The van der Waals surface area contributed by atoms with Gasteiger partial charge in [0.15, 0.2) is 0 Å². The number of hydrogen-bond donors (Lipinski definition) is 2. The molecule has 0 bridgehead atoms. The smallest absolute Gasteiger partial charge is 0.274 e. The van der Waals surface area contributed by atoms with Crippen LogP contribution in [-0.4, -0.2) is 15.9 Å². The molecule has 5 aromatic rings. The van der Waals surface area contributed by atoms with Crippen molar-refractivity contribution in [1.29, 1.82) is 0 Å². The van der Waals surface area contributed by atoms with E-state index in [0.717, 1.165) is 44.7 Å². The molecule has 0 saturated heterocycles. The molecule has 0 unspecified atom stereocenters. The van der Waals surface area contributed by atoms with Gasteiger partial charge in [0.05, 0.1) is 11.2 Å². The van der Waals surface area contributed by atoms with Gasteiger partial charge in [-0.25, -0.2) is 13.8 Å². The van der Waals surface area contributed by atoms with Gasteiger partial charge in [-0.3, -0.25) is 4.79 Å². The van der Waals surface area contributed by atoms with Crippen LogP contribution in [0.2, 0.25) is 0 Å². The number of hydrogen-bond acceptors (Lipinski definition) is 2. The van der Waals surface area contributed by atoms with Crippen LogP contribution in [0.1, 0.15) is 32.9 Å². The van der Waals surface area contributed by atoms with Gasteiger partial charge in [-0.05, 0) is 67.6 Å².